The Labute approximate surface area is 110 Å². The lowest BCUT2D eigenvalue weighted by atomic mass is 10.00. The topological polar surface area (TPSA) is 46.2 Å². The lowest BCUT2D eigenvalue weighted by Gasteiger charge is -2.25. The molecule has 0 aromatic rings. The number of nitrogens with one attached hydrogen (secondary N) is 1. The molecule has 5 heteroatoms. The third-order valence-corrected chi connectivity index (χ3v) is 2.89. The second kappa shape index (κ2) is 7.28. The number of unbranched alkanes of at least 4 members (excludes halogenated alkanes) is 2. The number of alkyl halides is 2. The van der Waals surface area contributed by atoms with Gasteiger partial charge >= 0.3 is 0 Å². The highest BCUT2D eigenvalue weighted by atomic mass is 79.9. The van der Waals surface area contributed by atoms with Gasteiger partial charge in [0.25, 0.3) is 0 Å². The van der Waals surface area contributed by atoms with Gasteiger partial charge in [0.15, 0.2) is 5.78 Å². The fraction of sp³-hybridized carbons (Fsp3) is 0.818. The predicted molar refractivity (Wildman–Crippen MR) is 69.9 cm³/mol. The number of Topliss-reactive ketones (excluding diaryl/α,β-unsaturated/α-hetero) is 1. The zero-order valence-electron chi connectivity index (χ0n) is 9.98. The Morgan fingerprint density at radius 2 is 1.94 bits per heavy atom. The number of amides is 1. The minimum Gasteiger partial charge on any atom is -0.344 e. The van der Waals surface area contributed by atoms with E-state index in [9.17, 15) is 9.59 Å². The summed E-state index contributed by atoms with van der Waals surface area (Å²) in [6, 6.07) is 0. The maximum atomic E-state index is 11.6. The molecule has 0 radical (unpaired) electrons. The van der Waals surface area contributed by atoms with Crippen LogP contribution in [0.25, 0.3) is 0 Å². The molecule has 1 N–H and O–H groups in total. The molecule has 0 aromatic heterocycles. The summed E-state index contributed by atoms with van der Waals surface area (Å²) in [6.45, 7) is 5.39. The zero-order chi connectivity index (χ0) is 12.8. The van der Waals surface area contributed by atoms with Gasteiger partial charge in [-0.1, -0.05) is 35.7 Å². The van der Waals surface area contributed by atoms with Crippen LogP contribution in [0.5, 0.6) is 0 Å². The molecule has 0 aliphatic rings. The smallest absolute Gasteiger partial charge is 0.220 e. The van der Waals surface area contributed by atoms with E-state index in [1.807, 2.05) is 0 Å². The molecule has 0 saturated heterocycles. The fourth-order valence-electron chi connectivity index (χ4n) is 1.28. The van der Waals surface area contributed by atoms with Crippen molar-refractivity contribution >= 4 is 39.2 Å². The Bertz CT molecular complexity index is 254. The molecule has 0 rings (SSSR count). The van der Waals surface area contributed by atoms with E-state index in [-0.39, 0.29) is 11.7 Å². The minimum atomic E-state index is -0.917. The van der Waals surface area contributed by atoms with Gasteiger partial charge in [0.1, 0.15) is 4.29 Å². The Balaban J connectivity index is 4.15. The van der Waals surface area contributed by atoms with Crippen LogP contribution in [0.1, 0.15) is 46.5 Å². The third kappa shape index (κ3) is 5.85. The fourth-order valence-corrected chi connectivity index (χ4v) is 2.13. The summed E-state index contributed by atoms with van der Waals surface area (Å²) < 4.78 is -0.765. The number of hydrogen-bond donors (Lipinski definition) is 1. The number of rotatable bonds is 7. The summed E-state index contributed by atoms with van der Waals surface area (Å²) in [6.07, 6.45) is 3.41. The van der Waals surface area contributed by atoms with E-state index in [0.29, 0.717) is 6.42 Å². The molecule has 1 unspecified atom stereocenters. The lowest BCUT2D eigenvalue weighted by molar-refractivity contribution is -0.129. The predicted octanol–water partition coefficient (Wildman–Crippen LogP) is 2.99. The van der Waals surface area contributed by atoms with Crippen LogP contribution in [0, 0.1) is 0 Å². The quantitative estimate of drug-likeness (QED) is 0.580. The first-order chi connectivity index (χ1) is 7.31. The number of ketones is 1. The molecular formula is C11H19BrClNO2. The average Bonchev–Trinajstić information content (AvgIpc) is 2.16. The second-order valence-electron chi connectivity index (χ2n) is 4.30. The molecule has 0 saturated carbocycles. The van der Waals surface area contributed by atoms with Crippen molar-refractivity contribution in [2.75, 3.05) is 0 Å². The summed E-state index contributed by atoms with van der Waals surface area (Å²) in [5, 5.41) is 2.69. The Morgan fingerprint density at radius 3 is 2.38 bits per heavy atom. The molecular weight excluding hydrogens is 293 g/mol. The van der Waals surface area contributed by atoms with Crippen LogP contribution in [-0.2, 0) is 9.59 Å². The first-order valence-corrected chi connectivity index (χ1v) is 6.80. The van der Waals surface area contributed by atoms with Crippen LogP contribution in [0.3, 0.4) is 0 Å². The van der Waals surface area contributed by atoms with Crippen molar-refractivity contribution in [2.24, 2.45) is 0 Å². The van der Waals surface area contributed by atoms with Gasteiger partial charge in [-0.3, -0.25) is 9.59 Å². The van der Waals surface area contributed by atoms with Crippen molar-refractivity contribution in [2.45, 2.75) is 56.3 Å². The van der Waals surface area contributed by atoms with Gasteiger partial charge in [-0.25, -0.2) is 0 Å². The minimum absolute atomic E-state index is 0.100. The molecule has 0 spiro atoms. The van der Waals surface area contributed by atoms with Crippen molar-refractivity contribution in [3.8, 4) is 0 Å². The summed E-state index contributed by atoms with van der Waals surface area (Å²) in [4.78, 5) is 23.2. The van der Waals surface area contributed by atoms with Crippen LogP contribution >= 0.6 is 27.5 Å². The molecule has 0 aliphatic carbocycles. The van der Waals surface area contributed by atoms with E-state index in [0.717, 1.165) is 19.3 Å². The maximum Gasteiger partial charge on any atom is 0.220 e. The molecule has 16 heavy (non-hydrogen) atoms. The van der Waals surface area contributed by atoms with Crippen LogP contribution in [0.15, 0.2) is 0 Å². The van der Waals surface area contributed by atoms with Crippen molar-refractivity contribution < 1.29 is 9.59 Å². The molecule has 0 aliphatic heterocycles. The van der Waals surface area contributed by atoms with E-state index >= 15 is 0 Å². The van der Waals surface area contributed by atoms with E-state index in [1.54, 1.807) is 13.8 Å². The normalized spacial score (nSPS) is 13.3. The maximum absolute atomic E-state index is 11.6. The molecule has 3 nitrogen and oxygen atoms in total. The first-order valence-electron chi connectivity index (χ1n) is 5.44. The Hall–Kier alpha value is -0.0900. The largest absolute Gasteiger partial charge is 0.344 e. The van der Waals surface area contributed by atoms with Crippen LogP contribution in [-0.4, -0.2) is 21.5 Å². The van der Waals surface area contributed by atoms with Gasteiger partial charge < -0.3 is 5.32 Å². The standard InChI is InChI=1S/C11H19BrClNO2/c1-4-5-6-7-8(15)14-11(2,3)9(16)10(12)13/h10H,4-7H2,1-3H3,(H,14,15). The van der Waals surface area contributed by atoms with Gasteiger partial charge in [0.2, 0.25) is 5.91 Å². The van der Waals surface area contributed by atoms with Gasteiger partial charge in [-0.15, -0.1) is 11.6 Å². The van der Waals surface area contributed by atoms with Crippen LogP contribution < -0.4 is 5.32 Å². The molecule has 0 fully saturated rings. The SMILES string of the molecule is CCCCCC(=O)NC(C)(C)C(=O)C(Cl)Br. The molecule has 0 aromatic carbocycles. The summed E-state index contributed by atoms with van der Waals surface area (Å²) in [5.41, 5.74) is -0.917. The Morgan fingerprint density at radius 1 is 1.38 bits per heavy atom. The van der Waals surface area contributed by atoms with Crippen LogP contribution in [0.4, 0.5) is 0 Å². The van der Waals surface area contributed by atoms with Crippen molar-refractivity contribution in [3.63, 3.8) is 0 Å². The first kappa shape index (κ1) is 15.9. The van der Waals surface area contributed by atoms with Crippen LogP contribution in [0.2, 0.25) is 0 Å². The zero-order valence-corrected chi connectivity index (χ0v) is 12.3. The van der Waals surface area contributed by atoms with E-state index < -0.39 is 9.83 Å². The monoisotopic (exact) mass is 311 g/mol. The highest BCUT2D eigenvalue weighted by Crippen LogP contribution is 2.16. The van der Waals surface area contributed by atoms with Gasteiger partial charge in [-0.2, -0.15) is 0 Å². The molecule has 1 amide bonds. The third-order valence-electron chi connectivity index (χ3n) is 2.27. The number of halogens is 2. The van der Waals surface area contributed by atoms with E-state index in [1.165, 1.54) is 0 Å². The summed E-state index contributed by atoms with van der Waals surface area (Å²) >= 11 is 8.63. The number of hydrogen-bond acceptors (Lipinski definition) is 2. The van der Waals surface area contributed by atoms with Crippen molar-refractivity contribution in [3.05, 3.63) is 0 Å². The van der Waals surface area contributed by atoms with E-state index in [4.69, 9.17) is 11.6 Å². The summed E-state index contributed by atoms with van der Waals surface area (Å²) in [7, 11) is 0. The lowest BCUT2D eigenvalue weighted by Crippen LogP contribution is -2.51. The second-order valence-corrected chi connectivity index (χ2v) is 6.17. The van der Waals surface area contributed by atoms with Gasteiger partial charge in [0.05, 0.1) is 5.54 Å². The molecule has 1 atom stereocenters. The van der Waals surface area contributed by atoms with Crippen molar-refractivity contribution in [1.82, 2.24) is 5.32 Å². The molecule has 0 heterocycles. The highest BCUT2D eigenvalue weighted by Gasteiger charge is 2.32. The molecule has 94 valence electrons. The number of carbonyl (C=O) groups excluding carboxylic acids is 2. The average molecular weight is 313 g/mol. The Kier molecular flexibility index (Phi) is 7.24. The highest BCUT2D eigenvalue weighted by molar-refractivity contribution is 9.10. The van der Waals surface area contributed by atoms with E-state index in [2.05, 4.69) is 28.2 Å². The number of carbonyl (C=O) groups is 2. The molecule has 0 bridgehead atoms. The van der Waals surface area contributed by atoms with Crippen molar-refractivity contribution in [1.29, 1.82) is 0 Å². The van der Waals surface area contributed by atoms with Gasteiger partial charge in [-0.05, 0) is 20.3 Å². The summed E-state index contributed by atoms with van der Waals surface area (Å²) in [5.74, 6) is -0.338. The van der Waals surface area contributed by atoms with Gasteiger partial charge in [0, 0.05) is 6.42 Å².